The number of aryl methyl sites for hydroxylation is 3. The third kappa shape index (κ3) is 43.9. The van der Waals surface area contributed by atoms with E-state index in [1.807, 2.05) is 93.6 Å². The molecule has 0 saturated carbocycles. The number of hydrogen-bond donors (Lipinski definition) is 10. The molecule has 15 aromatic rings. The maximum absolute atomic E-state index is 13.0. The van der Waals surface area contributed by atoms with Gasteiger partial charge in [0.2, 0.25) is 0 Å². The van der Waals surface area contributed by atoms with Gasteiger partial charge in [-0.15, -0.1) is 40.7 Å². The Kier molecular flexibility index (Phi) is 64.8. The number of phenolic OH excluding ortho intramolecular Hbond substituents is 8. The minimum atomic E-state index is -0.865. The standard InChI is InChI=1S/2C24H19O4.2C15H14O4.C9H9O2.C8H8O3.C7H8O2.C6H12ClN.CH2O3.CH4.ClH.2K.3Y.H/c2*1-15-5-3-4-6-19(15)23-21(13-16-7-9-17(25)10-8-16)20-12-11-18(27-2)14-22(20)28-24(23)26;2*1-19-12-6-7-13(15(18)9-12)14(17)8-10-2-4-11(16)5-3-10;1-7-4-2-3-5-8(7)6-9(10)11;9-7-3-1-6(2-4-7)5-8(10)11;1-9-7-4-2-3-6(8)5-7;7-3-6-8-4-1-2-5-8;2-1-4-3;;;;;;;;/h2*4-12,14,25H,13H2,1-2H3;2*2-7,9,16,18H,8H2,1H3;3-5H,6H2,1H3,(H,10,11);1-4,9H,5H2,(H,10,11);2-5,8H,1H3;1-6H2;1,3H;1H4;1H;;;;;;/q2*-1;;;-1;;;;;;;2*+1;;;;-1/p-1. The van der Waals surface area contributed by atoms with Crippen molar-refractivity contribution in [2.75, 3.05) is 61.1 Å². The number of ketones is 2. The summed E-state index contributed by atoms with van der Waals surface area (Å²) in [6, 6.07) is 85.1. The number of aromatic hydroxyl groups is 8. The van der Waals surface area contributed by atoms with Crippen LogP contribution in [0.1, 0.15) is 104 Å². The van der Waals surface area contributed by atoms with Crippen molar-refractivity contribution in [3.05, 3.63) is 384 Å². The van der Waals surface area contributed by atoms with E-state index in [-0.39, 0.29) is 334 Å². The fraction of sp³-hybridized carbons (Fsp3) is 0.191. The smallest absolute Gasteiger partial charge is 1.00 e. The number of hydrogen-bond acceptors (Lipinski definition) is 25. The summed E-state index contributed by atoms with van der Waals surface area (Å²) in [5.41, 5.74) is 13.2. The summed E-state index contributed by atoms with van der Waals surface area (Å²) in [5.74, 6) is 2.61. The third-order valence-corrected chi connectivity index (χ3v) is 21.1. The van der Waals surface area contributed by atoms with Gasteiger partial charge in [-0.05, 0) is 199 Å². The number of halogens is 2. The first-order valence-corrected chi connectivity index (χ1v) is 43.1. The zero-order valence-corrected chi connectivity index (χ0v) is 96.8. The van der Waals surface area contributed by atoms with Crippen LogP contribution in [0, 0.1) is 39.0 Å². The molecule has 10 N–H and O–H groups in total. The summed E-state index contributed by atoms with van der Waals surface area (Å²) >= 11 is 5.54. The van der Waals surface area contributed by atoms with Gasteiger partial charge in [-0.2, -0.15) is 89.5 Å². The second-order valence-electron chi connectivity index (χ2n) is 30.5. The molecule has 0 amide bonds. The van der Waals surface area contributed by atoms with Crippen LogP contribution in [0.25, 0.3) is 44.2 Å². The molecule has 144 heavy (non-hydrogen) atoms. The summed E-state index contributed by atoms with van der Waals surface area (Å²) < 4.78 is 36.6. The van der Waals surface area contributed by atoms with Crippen LogP contribution in [0.15, 0.2) is 291 Å². The first-order valence-electron chi connectivity index (χ1n) is 42.5. The SMILES string of the molecule is C.COc1ccc(C(=O)Cc2ccc(O)cc2)c(O)c1.COc1ccc(C(=O)Cc2ccc(O)cc2)c(O)c1.COc1ccc2c(Cc3ccc(O)cc3)c(-c3cc[c-]cc3C)c(=O)oc2c1.COc1ccc2c(Cc3ccc(O)cc3)c(-c3cc[c-]cc3C)c(=O)oc2c1.COc1cccc(O)c1.Cc1c[c-]ccc1CC(=O)O.Cl.ClCCN1CCCC1.O=C(O)Cc1ccc(O)cc1.O=CO[O-].[H-].[K+].[K+].[Y].[Y].[Y]. The third-order valence-electron chi connectivity index (χ3n) is 20.9. The Morgan fingerprint density at radius 1 is 0.424 bits per heavy atom. The van der Waals surface area contributed by atoms with E-state index in [4.69, 9.17) is 74.6 Å². The monoisotopic (exact) mass is 2280 g/mol. The largest absolute Gasteiger partial charge is 1.00 e. The average Bonchev–Trinajstić information content (AvgIpc) is 0.950. The summed E-state index contributed by atoms with van der Waals surface area (Å²) in [6.07, 6.45) is 4.24. The van der Waals surface area contributed by atoms with Gasteiger partial charge in [0, 0.05) is 182 Å². The van der Waals surface area contributed by atoms with Crippen molar-refractivity contribution in [2.24, 2.45) is 0 Å². The fourth-order valence-electron chi connectivity index (χ4n) is 13.9. The van der Waals surface area contributed by atoms with Crippen LogP contribution in [-0.4, -0.2) is 147 Å². The molecule has 739 valence electrons. The van der Waals surface area contributed by atoms with E-state index in [2.05, 4.69) is 28.0 Å². The average molecular weight is 2280 g/mol. The Hall–Kier alpha value is -9.49. The van der Waals surface area contributed by atoms with Gasteiger partial charge in [0.1, 0.15) is 85.9 Å². The van der Waals surface area contributed by atoms with E-state index in [1.54, 1.807) is 161 Å². The summed E-state index contributed by atoms with van der Waals surface area (Å²) in [7, 11) is 7.71. The van der Waals surface area contributed by atoms with Gasteiger partial charge in [0.25, 0.3) is 6.47 Å². The van der Waals surface area contributed by atoms with E-state index in [0.717, 1.165) is 90.0 Å². The first-order chi connectivity index (χ1) is 65.9. The Morgan fingerprint density at radius 3 is 1.05 bits per heavy atom. The van der Waals surface area contributed by atoms with Crippen LogP contribution in [0.5, 0.6) is 74.7 Å². The Balaban J connectivity index is 0.00000167. The predicted molar refractivity (Wildman–Crippen MR) is 534 cm³/mol. The minimum Gasteiger partial charge on any atom is -1.00 e. The molecule has 0 unspecified atom stereocenters. The second-order valence-corrected chi connectivity index (χ2v) is 30.8. The number of benzene rings is 13. The minimum absolute atomic E-state index is 0. The van der Waals surface area contributed by atoms with Crippen molar-refractivity contribution in [1.82, 2.24) is 4.90 Å². The number of alkyl halides is 1. The molecular formula is C110H110Cl2K2NO26Y3-3. The van der Waals surface area contributed by atoms with Crippen molar-refractivity contribution in [2.45, 2.75) is 79.6 Å². The van der Waals surface area contributed by atoms with E-state index < -0.39 is 11.9 Å². The number of Topliss-reactive ketones (excluding diaryl/α,β-unsaturated/α-hetero) is 2. The Morgan fingerprint density at radius 2 is 0.743 bits per heavy atom. The molecule has 13 aromatic carbocycles. The molecule has 3 radical (unpaired) electrons. The van der Waals surface area contributed by atoms with Crippen molar-refractivity contribution >= 4 is 75.9 Å². The van der Waals surface area contributed by atoms with Crippen molar-refractivity contribution < 1.29 is 320 Å². The molecule has 0 aliphatic carbocycles. The van der Waals surface area contributed by atoms with Crippen molar-refractivity contribution in [3.63, 3.8) is 0 Å². The van der Waals surface area contributed by atoms with Crippen LogP contribution in [0.4, 0.5) is 0 Å². The van der Waals surface area contributed by atoms with Crippen LogP contribution >= 0.6 is 24.0 Å². The molecule has 27 nitrogen and oxygen atoms in total. The zero-order valence-electron chi connectivity index (χ0n) is 81.5. The molecule has 16 rings (SSSR count). The first kappa shape index (κ1) is 133. The predicted octanol–water partition coefficient (Wildman–Crippen LogP) is 13.6. The van der Waals surface area contributed by atoms with E-state index in [9.17, 15) is 59.4 Å². The van der Waals surface area contributed by atoms with E-state index >= 15 is 0 Å². The van der Waals surface area contributed by atoms with Crippen molar-refractivity contribution in [3.8, 4) is 97.0 Å². The molecule has 0 spiro atoms. The number of nitrogens with zero attached hydrogens (tertiary/aromatic N) is 1. The van der Waals surface area contributed by atoms with Gasteiger partial charge < -0.3 is 100 Å². The van der Waals surface area contributed by atoms with E-state index in [0.29, 0.717) is 69.4 Å². The molecule has 0 bridgehead atoms. The van der Waals surface area contributed by atoms with Gasteiger partial charge in [0.15, 0.2) is 11.6 Å². The molecule has 0 atom stereocenters. The maximum Gasteiger partial charge on any atom is 1.00 e. The number of fused-ring (bicyclic) bond motifs is 2. The van der Waals surface area contributed by atoms with Gasteiger partial charge in [-0.1, -0.05) is 94.9 Å². The van der Waals surface area contributed by atoms with Gasteiger partial charge in [0.05, 0.1) is 53.1 Å². The Bertz CT molecular complexity index is 6320. The summed E-state index contributed by atoms with van der Waals surface area (Å²) in [6.45, 7) is 9.23. The topological polar surface area (TPSA) is 430 Å². The van der Waals surface area contributed by atoms with Crippen LogP contribution in [-0.2, 0) is 156 Å². The second kappa shape index (κ2) is 70.4. The van der Waals surface area contributed by atoms with Gasteiger partial charge in [-0.3, -0.25) is 24.0 Å². The number of phenols is 8. The molecule has 3 heterocycles. The van der Waals surface area contributed by atoms with Crippen LogP contribution in [0.2, 0.25) is 0 Å². The quantitative estimate of drug-likeness (QED) is 0.00392. The molecule has 1 aliphatic heterocycles. The molecule has 1 fully saturated rings. The number of carbonyl (C=O) groups excluding carboxylic acids is 3. The van der Waals surface area contributed by atoms with Crippen LogP contribution in [0.3, 0.4) is 0 Å². The summed E-state index contributed by atoms with van der Waals surface area (Å²) in [4.78, 5) is 84.3. The molecule has 1 aliphatic rings. The molecule has 2 aromatic heterocycles. The number of carboxylic acid groups (broad SMARTS) is 2. The van der Waals surface area contributed by atoms with E-state index in [1.165, 1.54) is 101 Å². The molecule has 1 saturated heterocycles. The number of rotatable bonds is 24. The number of ether oxygens (including phenoxy) is 5. The molecule has 34 heteroatoms. The molecular weight excluding hydrogens is 2170 g/mol. The van der Waals surface area contributed by atoms with Crippen molar-refractivity contribution in [1.29, 1.82) is 0 Å². The number of methoxy groups -OCH3 is 5. The number of aliphatic carboxylic acids is 2. The zero-order chi connectivity index (χ0) is 99.5. The normalized spacial score (nSPS) is 10.3. The fourth-order valence-corrected chi connectivity index (χ4v) is 14.1. The summed E-state index contributed by atoms with van der Waals surface area (Å²) in [5, 5.41) is 102. The Labute approximate surface area is 1010 Å². The maximum atomic E-state index is 13.0. The van der Waals surface area contributed by atoms with Gasteiger partial charge >= 0.3 is 126 Å². The van der Waals surface area contributed by atoms with Crippen LogP contribution < -0.4 is 143 Å². The number of carbonyl (C=O) groups is 5. The number of likely N-dealkylation sites (tertiary alicyclic amines) is 1. The number of carboxylic acids is 2. The van der Waals surface area contributed by atoms with Gasteiger partial charge in [-0.25, -0.2) is 9.59 Å².